The van der Waals surface area contributed by atoms with E-state index in [1.54, 1.807) is 17.8 Å². The highest BCUT2D eigenvalue weighted by atomic mass is 35.5. The lowest BCUT2D eigenvalue weighted by atomic mass is 9.99. The van der Waals surface area contributed by atoms with E-state index in [2.05, 4.69) is 5.32 Å². The van der Waals surface area contributed by atoms with Crippen molar-refractivity contribution >= 4 is 50.9 Å². The highest BCUT2D eigenvalue weighted by Crippen LogP contribution is 2.25. The molecule has 1 N–H and O–H groups in total. The zero-order valence-corrected chi connectivity index (χ0v) is 19.8. The van der Waals surface area contributed by atoms with E-state index in [9.17, 15) is 17.6 Å². The molecule has 2 aromatic carbocycles. The van der Waals surface area contributed by atoms with Gasteiger partial charge >= 0.3 is 0 Å². The van der Waals surface area contributed by atoms with Gasteiger partial charge in [-0.2, -0.15) is 16.1 Å². The van der Waals surface area contributed by atoms with E-state index in [0.29, 0.717) is 36.0 Å². The summed E-state index contributed by atoms with van der Waals surface area (Å²) < 4.78 is 40.0. The van der Waals surface area contributed by atoms with Gasteiger partial charge in [0.15, 0.2) is 0 Å². The Morgan fingerprint density at radius 2 is 1.90 bits per heavy atom. The molecule has 1 saturated heterocycles. The number of sulfonamides is 1. The van der Waals surface area contributed by atoms with E-state index < -0.39 is 21.8 Å². The summed E-state index contributed by atoms with van der Waals surface area (Å²) >= 11 is 13.6. The highest BCUT2D eigenvalue weighted by molar-refractivity contribution is 7.98. The van der Waals surface area contributed by atoms with Gasteiger partial charge in [0, 0.05) is 31.1 Å². The van der Waals surface area contributed by atoms with E-state index in [0.717, 1.165) is 29.2 Å². The summed E-state index contributed by atoms with van der Waals surface area (Å²) in [7, 11) is -3.75. The maximum absolute atomic E-state index is 13.1. The van der Waals surface area contributed by atoms with Crippen molar-refractivity contribution < 1.29 is 17.6 Å². The number of hydrogen-bond acceptors (Lipinski definition) is 4. The predicted octanol–water partition coefficient (Wildman–Crippen LogP) is 4.58. The maximum Gasteiger partial charge on any atom is 0.243 e. The molecule has 0 aliphatic carbocycles. The molecule has 0 aromatic heterocycles. The molecule has 1 aliphatic rings. The zero-order valence-electron chi connectivity index (χ0n) is 16.7. The number of thioether (sulfide) groups is 1. The van der Waals surface area contributed by atoms with Crippen LogP contribution < -0.4 is 5.32 Å². The number of carbonyl (C=O) groups excluding carboxylic acids is 1. The number of rotatable bonds is 8. The van der Waals surface area contributed by atoms with Crippen LogP contribution in [-0.4, -0.2) is 44.0 Å². The maximum atomic E-state index is 13.1. The molecule has 5 nitrogen and oxygen atoms in total. The number of nitrogens with zero attached hydrogens (tertiary/aromatic N) is 1. The average Bonchev–Trinajstić information content (AvgIpc) is 2.76. The summed E-state index contributed by atoms with van der Waals surface area (Å²) in [4.78, 5) is 12.6. The Morgan fingerprint density at radius 3 is 2.61 bits per heavy atom. The Labute approximate surface area is 196 Å². The van der Waals surface area contributed by atoms with Crippen LogP contribution in [0.25, 0.3) is 0 Å². The monoisotopic (exact) mass is 504 g/mol. The topological polar surface area (TPSA) is 66.5 Å². The molecule has 0 bridgehead atoms. The Hall–Kier alpha value is -1.32. The molecule has 31 heavy (non-hydrogen) atoms. The lowest BCUT2D eigenvalue weighted by Gasteiger charge is -2.31. The predicted molar refractivity (Wildman–Crippen MR) is 124 cm³/mol. The summed E-state index contributed by atoms with van der Waals surface area (Å²) in [6.07, 6.45) is 1.24. The van der Waals surface area contributed by atoms with Crippen LogP contribution in [-0.2, 0) is 20.6 Å². The number of hydrogen-bond donors (Lipinski definition) is 1. The number of halogens is 3. The third-order valence-electron chi connectivity index (χ3n) is 5.00. The van der Waals surface area contributed by atoms with Crippen molar-refractivity contribution in [3.8, 4) is 0 Å². The molecule has 1 fully saturated rings. The summed E-state index contributed by atoms with van der Waals surface area (Å²) in [6.45, 7) is 0.969. The van der Waals surface area contributed by atoms with E-state index in [1.165, 1.54) is 16.4 Å². The molecule has 0 spiro atoms. The fraction of sp³-hybridized carbons (Fsp3) is 0.381. The normalized spacial score (nSPS) is 17.5. The zero-order chi connectivity index (χ0) is 22.4. The number of nitrogens with one attached hydrogen (secondary N) is 1. The van der Waals surface area contributed by atoms with Crippen molar-refractivity contribution in [1.82, 2.24) is 9.62 Å². The van der Waals surface area contributed by atoms with Crippen LogP contribution in [0.4, 0.5) is 4.39 Å². The second-order valence-electron chi connectivity index (χ2n) is 7.25. The van der Waals surface area contributed by atoms with E-state index in [4.69, 9.17) is 23.2 Å². The third kappa shape index (κ3) is 6.58. The van der Waals surface area contributed by atoms with Crippen LogP contribution in [0, 0.1) is 11.7 Å². The van der Waals surface area contributed by atoms with Crippen molar-refractivity contribution in [3.05, 3.63) is 63.9 Å². The van der Waals surface area contributed by atoms with E-state index in [1.807, 2.05) is 12.1 Å². The Morgan fingerprint density at radius 1 is 1.16 bits per heavy atom. The summed E-state index contributed by atoms with van der Waals surface area (Å²) in [5, 5.41) is 3.94. The quantitative estimate of drug-likeness (QED) is 0.534. The van der Waals surface area contributed by atoms with Crippen LogP contribution in [0.3, 0.4) is 0 Å². The minimum Gasteiger partial charge on any atom is -0.355 e. The second-order valence-corrected chi connectivity index (χ2v) is 11.1. The molecule has 2 aromatic rings. The van der Waals surface area contributed by atoms with Crippen molar-refractivity contribution in [3.63, 3.8) is 0 Å². The van der Waals surface area contributed by atoms with Gasteiger partial charge in [0.05, 0.1) is 20.9 Å². The fourth-order valence-corrected chi connectivity index (χ4v) is 5.99. The van der Waals surface area contributed by atoms with Gasteiger partial charge in [-0.05, 0) is 54.8 Å². The molecule has 0 radical (unpaired) electrons. The summed E-state index contributed by atoms with van der Waals surface area (Å²) in [5.74, 6) is 0.431. The van der Waals surface area contributed by atoms with Crippen LogP contribution in [0.2, 0.25) is 10.0 Å². The third-order valence-corrected chi connectivity index (χ3v) is 8.65. The average molecular weight is 505 g/mol. The molecule has 1 atom stereocenters. The first-order valence-corrected chi connectivity index (χ1v) is 13.2. The van der Waals surface area contributed by atoms with Crippen LogP contribution in [0.1, 0.15) is 18.4 Å². The first kappa shape index (κ1) is 24.3. The molecule has 1 heterocycles. The first-order valence-electron chi connectivity index (χ1n) is 9.82. The minimum absolute atomic E-state index is 0.0358. The first-order chi connectivity index (χ1) is 14.8. The van der Waals surface area contributed by atoms with Crippen molar-refractivity contribution in [1.29, 1.82) is 0 Å². The van der Waals surface area contributed by atoms with Gasteiger partial charge in [0.25, 0.3) is 0 Å². The van der Waals surface area contributed by atoms with Crippen LogP contribution in [0.15, 0.2) is 47.4 Å². The molecule has 1 amide bonds. The number of benzene rings is 2. The second kappa shape index (κ2) is 11.0. The molecular weight excluding hydrogens is 482 g/mol. The molecule has 0 saturated carbocycles. The van der Waals surface area contributed by atoms with Gasteiger partial charge in [-0.3, -0.25) is 4.79 Å². The largest absolute Gasteiger partial charge is 0.355 e. The molecule has 10 heteroatoms. The number of carbonyl (C=O) groups is 1. The van der Waals surface area contributed by atoms with Crippen molar-refractivity contribution in [2.75, 3.05) is 25.4 Å². The Kier molecular flexibility index (Phi) is 8.64. The molecular formula is C21H23Cl2FN2O3S2. The van der Waals surface area contributed by atoms with Crippen LogP contribution in [0.5, 0.6) is 0 Å². The smallest absolute Gasteiger partial charge is 0.243 e. The van der Waals surface area contributed by atoms with Crippen molar-refractivity contribution in [2.24, 2.45) is 5.92 Å². The minimum atomic E-state index is -3.75. The Bertz CT molecular complexity index is 1020. The SMILES string of the molecule is O=C(NCCSCc1ccc(Cl)c(Cl)c1)C1CCCN(S(=O)(=O)c2ccc(F)cc2)C1. The molecule has 1 unspecified atom stereocenters. The highest BCUT2D eigenvalue weighted by Gasteiger charge is 2.33. The number of piperidine rings is 1. The van der Waals surface area contributed by atoms with Gasteiger partial charge in [0.1, 0.15) is 5.82 Å². The van der Waals surface area contributed by atoms with Gasteiger partial charge in [-0.15, -0.1) is 0 Å². The molecule has 3 rings (SSSR count). The Balaban J connectivity index is 1.46. The molecule has 168 valence electrons. The lowest BCUT2D eigenvalue weighted by molar-refractivity contribution is -0.125. The van der Waals surface area contributed by atoms with Gasteiger partial charge in [-0.1, -0.05) is 29.3 Å². The number of amides is 1. The van der Waals surface area contributed by atoms with E-state index >= 15 is 0 Å². The summed E-state index contributed by atoms with van der Waals surface area (Å²) in [5.41, 5.74) is 1.06. The standard InChI is InChI=1S/C21H23Cl2FN2O3S2/c22-19-8-3-15(12-20(19)23)14-30-11-9-25-21(27)16-2-1-10-26(13-16)31(28,29)18-6-4-17(24)5-7-18/h3-8,12,16H,1-2,9-11,13-14H2,(H,25,27). The van der Waals surface area contributed by atoms with Gasteiger partial charge in [0.2, 0.25) is 15.9 Å². The molecule has 1 aliphatic heterocycles. The fourth-order valence-electron chi connectivity index (χ4n) is 3.34. The van der Waals surface area contributed by atoms with Gasteiger partial charge < -0.3 is 5.32 Å². The van der Waals surface area contributed by atoms with Gasteiger partial charge in [-0.25, -0.2) is 12.8 Å². The lowest BCUT2D eigenvalue weighted by Crippen LogP contribution is -2.45. The van der Waals surface area contributed by atoms with Crippen molar-refractivity contribution in [2.45, 2.75) is 23.5 Å². The summed E-state index contributed by atoms with van der Waals surface area (Å²) in [6, 6.07) is 10.2. The van der Waals surface area contributed by atoms with E-state index in [-0.39, 0.29) is 17.3 Å². The van der Waals surface area contributed by atoms with Crippen LogP contribution >= 0.6 is 35.0 Å².